The SMILES string of the molecule is C=CCN(CCC)C(=O)[C@H]1[C@H]2C(=O)N(CCCCO)C(C(=O)N(CC=C)c3c(C)cccc3Cl)C23CC[C@]1(C)S3. The van der Waals surface area contributed by atoms with Crippen molar-refractivity contribution in [3.63, 3.8) is 0 Å². The van der Waals surface area contributed by atoms with Crippen LogP contribution in [0.1, 0.15) is 51.5 Å². The Balaban J connectivity index is 1.82. The number of likely N-dealkylation sites (tertiary alicyclic amines) is 1. The van der Waals surface area contributed by atoms with Gasteiger partial charge in [-0.3, -0.25) is 14.4 Å². The number of aryl methyl sites for hydroxylation is 1. The Kier molecular flexibility index (Phi) is 9.42. The second kappa shape index (κ2) is 12.3. The maximum Gasteiger partial charge on any atom is 0.251 e. The highest BCUT2D eigenvalue weighted by Gasteiger charge is 2.77. The van der Waals surface area contributed by atoms with Crippen LogP contribution in [0, 0.1) is 18.8 Å². The number of fused-ring (bicyclic) bond motifs is 1. The molecule has 2 bridgehead atoms. The van der Waals surface area contributed by atoms with Gasteiger partial charge >= 0.3 is 0 Å². The number of carbonyl (C=O) groups excluding carboxylic acids is 3. The maximum absolute atomic E-state index is 14.7. The molecule has 218 valence electrons. The molecule has 0 aromatic heterocycles. The van der Waals surface area contributed by atoms with E-state index in [-0.39, 0.29) is 30.9 Å². The molecule has 0 radical (unpaired) electrons. The minimum Gasteiger partial charge on any atom is -0.396 e. The molecule has 0 aliphatic carbocycles. The highest BCUT2D eigenvalue weighted by atomic mass is 35.5. The van der Waals surface area contributed by atoms with Crippen LogP contribution < -0.4 is 4.90 Å². The molecule has 40 heavy (non-hydrogen) atoms. The van der Waals surface area contributed by atoms with Gasteiger partial charge in [-0.15, -0.1) is 24.9 Å². The Hall–Kier alpha value is -2.29. The number of aliphatic hydroxyl groups is 1. The summed E-state index contributed by atoms with van der Waals surface area (Å²) >= 11 is 8.32. The number of benzene rings is 1. The fourth-order valence-electron chi connectivity index (χ4n) is 7.16. The van der Waals surface area contributed by atoms with Crippen LogP contribution in [-0.4, -0.2) is 80.9 Å². The quantitative estimate of drug-likeness (QED) is 0.264. The Morgan fingerprint density at radius 3 is 2.55 bits per heavy atom. The van der Waals surface area contributed by atoms with Crippen LogP contribution >= 0.6 is 23.4 Å². The molecule has 0 saturated carbocycles. The zero-order valence-corrected chi connectivity index (χ0v) is 25.5. The number of nitrogens with zero attached hydrogens (tertiary/aromatic N) is 3. The fourth-order valence-corrected chi connectivity index (χ4v) is 9.83. The number of halogens is 1. The van der Waals surface area contributed by atoms with E-state index in [1.165, 1.54) is 0 Å². The normalized spacial score (nSPS) is 28.5. The van der Waals surface area contributed by atoms with Gasteiger partial charge in [-0.25, -0.2) is 0 Å². The highest BCUT2D eigenvalue weighted by Crippen LogP contribution is 2.71. The summed E-state index contributed by atoms with van der Waals surface area (Å²) in [5.74, 6) is -1.45. The third kappa shape index (κ3) is 5.01. The third-order valence-electron chi connectivity index (χ3n) is 8.77. The van der Waals surface area contributed by atoms with E-state index in [2.05, 4.69) is 20.1 Å². The largest absolute Gasteiger partial charge is 0.396 e. The number of aliphatic hydroxyl groups excluding tert-OH is 1. The summed E-state index contributed by atoms with van der Waals surface area (Å²) in [6, 6.07) is 4.78. The molecule has 5 atom stereocenters. The van der Waals surface area contributed by atoms with Gasteiger partial charge in [0, 0.05) is 37.5 Å². The van der Waals surface area contributed by atoms with Gasteiger partial charge in [0.25, 0.3) is 5.91 Å². The van der Waals surface area contributed by atoms with E-state index < -0.39 is 27.4 Å². The first-order chi connectivity index (χ1) is 19.1. The second-order valence-corrected chi connectivity index (χ2v) is 13.7. The molecule has 9 heteroatoms. The van der Waals surface area contributed by atoms with Crippen LogP contribution in [0.25, 0.3) is 0 Å². The van der Waals surface area contributed by atoms with Crippen molar-refractivity contribution in [1.29, 1.82) is 0 Å². The molecule has 3 saturated heterocycles. The van der Waals surface area contributed by atoms with Crippen LogP contribution in [0.4, 0.5) is 5.69 Å². The molecule has 4 rings (SSSR count). The summed E-state index contributed by atoms with van der Waals surface area (Å²) < 4.78 is -1.16. The molecule has 1 aromatic carbocycles. The van der Waals surface area contributed by atoms with Gasteiger partial charge in [0.15, 0.2) is 0 Å². The molecule has 3 fully saturated rings. The number of anilines is 1. The Bertz CT molecular complexity index is 1160. The number of thioether (sulfide) groups is 1. The van der Waals surface area contributed by atoms with Crippen molar-refractivity contribution < 1.29 is 19.5 Å². The maximum atomic E-state index is 14.7. The van der Waals surface area contributed by atoms with Crippen LogP contribution in [0.2, 0.25) is 5.02 Å². The number of carbonyl (C=O) groups is 3. The Morgan fingerprint density at radius 2 is 1.93 bits per heavy atom. The number of unbranched alkanes of at least 4 members (excludes halogenated alkanes) is 1. The molecule has 1 aromatic rings. The number of hydrogen-bond donors (Lipinski definition) is 1. The summed E-state index contributed by atoms with van der Waals surface area (Å²) in [6.07, 6.45) is 6.75. The van der Waals surface area contributed by atoms with Gasteiger partial charge in [0.2, 0.25) is 11.8 Å². The standard InChI is InChI=1S/C31H42ClN3O4S/c1-6-16-33(17-7-2)27(37)23-24-28(38)35(19-9-10-20-36)26(31(24)15-14-30(23,5)40-31)29(39)34(18-8-3)25-21(4)12-11-13-22(25)32/h6,8,11-13,23-24,26,36H,1,3,7,9-10,14-20H2,2,4-5H3/t23-,24+,26?,30+,31?/m1/s1. The van der Waals surface area contributed by atoms with Gasteiger partial charge in [0.1, 0.15) is 6.04 Å². The highest BCUT2D eigenvalue weighted by molar-refractivity contribution is 8.02. The topological polar surface area (TPSA) is 81.2 Å². The van der Waals surface area contributed by atoms with Gasteiger partial charge in [-0.2, -0.15) is 0 Å². The third-order valence-corrected chi connectivity index (χ3v) is 11.1. The van der Waals surface area contributed by atoms with Gasteiger partial charge in [0.05, 0.1) is 27.3 Å². The van der Waals surface area contributed by atoms with E-state index in [0.29, 0.717) is 49.6 Å². The van der Waals surface area contributed by atoms with E-state index in [9.17, 15) is 19.5 Å². The lowest BCUT2D eigenvalue weighted by Gasteiger charge is -2.38. The van der Waals surface area contributed by atoms with Crippen molar-refractivity contribution in [2.24, 2.45) is 11.8 Å². The molecular weight excluding hydrogens is 546 g/mol. The predicted octanol–water partition coefficient (Wildman–Crippen LogP) is 4.85. The molecule has 3 aliphatic heterocycles. The summed E-state index contributed by atoms with van der Waals surface area (Å²) in [6.45, 7) is 15.4. The van der Waals surface area contributed by atoms with Gasteiger partial charge in [-0.1, -0.05) is 42.8 Å². The van der Waals surface area contributed by atoms with E-state index >= 15 is 0 Å². The first-order valence-corrected chi connectivity index (χ1v) is 15.5. The lowest BCUT2D eigenvalue weighted by Crippen LogP contribution is -2.55. The predicted molar refractivity (Wildman–Crippen MR) is 163 cm³/mol. The molecule has 7 nitrogen and oxygen atoms in total. The van der Waals surface area contributed by atoms with Crippen molar-refractivity contribution in [2.45, 2.75) is 68.4 Å². The first-order valence-electron chi connectivity index (χ1n) is 14.3. The molecule has 1 N–H and O–H groups in total. The lowest BCUT2D eigenvalue weighted by atomic mass is 9.66. The van der Waals surface area contributed by atoms with Crippen LogP contribution in [-0.2, 0) is 14.4 Å². The molecule has 3 heterocycles. The molecular formula is C31H42ClN3O4S. The zero-order chi connectivity index (χ0) is 29.2. The lowest BCUT2D eigenvalue weighted by molar-refractivity contribution is -0.145. The molecule has 3 amide bonds. The number of rotatable bonds is 13. The molecule has 2 unspecified atom stereocenters. The summed E-state index contributed by atoms with van der Waals surface area (Å²) in [5, 5.41) is 9.92. The van der Waals surface area contributed by atoms with E-state index in [1.54, 1.807) is 39.8 Å². The number of hydrogen-bond acceptors (Lipinski definition) is 5. The van der Waals surface area contributed by atoms with Gasteiger partial charge < -0.3 is 19.8 Å². The first kappa shape index (κ1) is 30.7. The number of para-hydroxylation sites is 1. The molecule has 3 aliphatic rings. The van der Waals surface area contributed by atoms with E-state index in [0.717, 1.165) is 18.4 Å². The van der Waals surface area contributed by atoms with Crippen LogP contribution in [0.5, 0.6) is 0 Å². The van der Waals surface area contributed by atoms with Crippen LogP contribution in [0.15, 0.2) is 43.5 Å². The minimum atomic E-state index is -0.747. The Morgan fingerprint density at radius 1 is 1.20 bits per heavy atom. The van der Waals surface area contributed by atoms with Crippen molar-refractivity contribution >= 4 is 46.8 Å². The fraction of sp³-hybridized carbons (Fsp3) is 0.581. The van der Waals surface area contributed by atoms with Crippen molar-refractivity contribution in [3.8, 4) is 0 Å². The van der Waals surface area contributed by atoms with Crippen molar-refractivity contribution in [1.82, 2.24) is 9.80 Å². The summed E-state index contributed by atoms with van der Waals surface area (Å²) in [5.41, 5.74) is 1.48. The Labute approximate surface area is 247 Å². The molecule has 1 spiro atoms. The average molecular weight is 588 g/mol. The number of amides is 3. The average Bonchev–Trinajstić information content (AvgIpc) is 3.48. The monoisotopic (exact) mass is 587 g/mol. The second-order valence-electron chi connectivity index (χ2n) is 11.4. The van der Waals surface area contributed by atoms with Gasteiger partial charge in [-0.05, 0) is 57.6 Å². The zero-order valence-electron chi connectivity index (χ0n) is 23.9. The van der Waals surface area contributed by atoms with Crippen molar-refractivity contribution in [2.75, 3.05) is 37.7 Å². The smallest absolute Gasteiger partial charge is 0.251 e. The minimum absolute atomic E-state index is 0.0120. The van der Waals surface area contributed by atoms with Crippen LogP contribution in [0.3, 0.4) is 0 Å². The summed E-state index contributed by atoms with van der Waals surface area (Å²) in [4.78, 5) is 48.4. The summed E-state index contributed by atoms with van der Waals surface area (Å²) in [7, 11) is 0. The van der Waals surface area contributed by atoms with Crippen molar-refractivity contribution in [3.05, 3.63) is 54.1 Å². The van der Waals surface area contributed by atoms with E-state index in [4.69, 9.17) is 11.6 Å². The van der Waals surface area contributed by atoms with E-state index in [1.807, 2.05) is 30.9 Å².